The Morgan fingerprint density at radius 3 is 1.90 bits per heavy atom. The van der Waals surface area contributed by atoms with E-state index in [1.165, 1.54) is 14.0 Å². The Bertz CT molecular complexity index is 135. The van der Waals surface area contributed by atoms with E-state index >= 15 is 0 Å². The van der Waals surface area contributed by atoms with Crippen LogP contribution in [0.3, 0.4) is 0 Å². The first-order chi connectivity index (χ1) is 4.77. The summed E-state index contributed by atoms with van der Waals surface area (Å²) in [5.74, 6) is -0.245. The summed E-state index contributed by atoms with van der Waals surface area (Å²) in [6.07, 6.45) is 9.50. The van der Waals surface area contributed by atoms with Gasteiger partial charge in [0.05, 0.1) is 7.11 Å². The van der Waals surface area contributed by atoms with Crippen LogP contribution in [0, 0.1) is 0 Å². The third-order valence-electron chi connectivity index (χ3n) is 0.943. The molecule has 0 aromatic carbocycles. The van der Waals surface area contributed by atoms with E-state index < -0.39 is 0 Å². The molecular weight excluding hydrogens is 128 g/mol. The van der Waals surface area contributed by atoms with Gasteiger partial charge in [0.15, 0.2) is 0 Å². The van der Waals surface area contributed by atoms with Crippen LogP contribution in [-0.2, 0) is 9.53 Å². The van der Waals surface area contributed by atoms with Crippen molar-refractivity contribution in [3.05, 3.63) is 24.3 Å². The van der Waals surface area contributed by atoms with E-state index in [1.807, 2.05) is 0 Å². The number of allylic oxidation sites excluding steroid dienone is 4. The molecule has 0 fully saturated rings. The minimum atomic E-state index is -0.245. The third-order valence-corrected chi connectivity index (χ3v) is 0.943. The largest absolute Gasteiger partial charge is 0.469 e. The van der Waals surface area contributed by atoms with Gasteiger partial charge in [0.2, 0.25) is 0 Å². The summed E-state index contributed by atoms with van der Waals surface area (Å²) in [5.41, 5.74) is 0. The van der Waals surface area contributed by atoms with Gasteiger partial charge in [-0.1, -0.05) is 24.3 Å². The SMILES string of the molecule is C1=CCC=C1.COC(C)=O. The number of carbonyl (C=O) groups is 1. The van der Waals surface area contributed by atoms with Crippen LogP contribution in [0.15, 0.2) is 24.3 Å². The molecule has 2 nitrogen and oxygen atoms in total. The number of rotatable bonds is 0. The Morgan fingerprint density at radius 2 is 1.80 bits per heavy atom. The Labute approximate surface area is 61.2 Å². The van der Waals surface area contributed by atoms with Gasteiger partial charge in [-0.3, -0.25) is 4.79 Å². The molecule has 0 saturated heterocycles. The molecule has 2 heteroatoms. The number of hydrogen-bond acceptors (Lipinski definition) is 2. The first-order valence-electron chi connectivity index (χ1n) is 3.13. The molecular formula is C8H12O2. The predicted octanol–water partition coefficient (Wildman–Crippen LogP) is 1.68. The Hall–Kier alpha value is -1.05. The molecule has 0 N–H and O–H groups in total. The first kappa shape index (κ1) is 8.95. The zero-order valence-electron chi connectivity index (χ0n) is 6.33. The van der Waals surface area contributed by atoms with Gasteiger partial charge >= 0.3 is 5.97 Å². The number of methoxy groups -OCH3 is 1. The van der Waals surface area contributed by atoms with Crippen molar-refractivity contribution in [3.63, 3.8) is 0 Å². The average molecular weight is 140 g/mol. The monoisotopic (exact) mass is 140 g/mol. The van der Waals surface area contributed by atoms with Crippen molar-refractivity contribution in [2.75, 3.05) is 7.11 Å². The zero-order chi connectivity index (χ0) is 7.82. The van der Waals surface area contributed by atoms with Gasteiger partial charge in [-0.05, 0) is 6.42 Å². The van der Waals surface area contributed by atoms with Gasteiger partial charge in [-0.25, -0.2) is 0 Å². The molecule has 0 amide bonds. The van der Waals surface area contributed by atoms with Gasteiger partial charge in [0.1, 0.15) is 0 Å². The van der Waals surface area contributed by atoms with Crippen molar-refractivity contribution >= 4 is 5.97 Å². The summed E-state index contributed by atoms with van der Waals surface area (Å²) in [4.78, 5) is 9.59. The predicted molar refractivity (Wildman–Crippen MR) is 40.6 cm³/mol. The maximum Gasteiger partial charge on any atom is 0.302 e. The molecule has 10 heavy (non-hydrogen) atoms. The van der Waals surface area contributed by atoms with Crippen LogP contribution >= 0.6 is 0 Å². The van der Waals surface area contributed by atoms with Gasteiger partial charge in [0, 0.05) is 6.92 Å². The molecule has 56 valence electrons. The lowest BCUT2D eigenvalue weighted by molar-refractivity contribution is -0.137. The van der Waals surface area contributed by atoms with E-state index in [9.17, 15) is 4.79 Å². The van der Waals surface area contributed by atoms with E-state index in [2.05, 4.69) is 29.0 Å². The first-order valence-corrected chi connectivity index (χ1v) is 3.13. The molecule has 0 unspecified atom stereocenters. The zero-order valence-corrected chi connectivity index (χ0v) is 6.33. The summed E-state index contributed by atoms with van der Waals surface area (Å²) in [5, 5.41) is 0. The fourth-order valence-corrected chi connectivity index (χ4v) is 0.393. The number of esters is 1. The highest BCUT2D eigenvalue weighted by atomic mass is 16.5. The van der Waals surface area contributed by atoms with Crippen molar-refractivity contribution < 1.29 is 9.53 Å². The van der Waals surface area contributed by atoms with Crippen LogP contribution in [0.25, 0.3) is 0 Å². The van der Waals surface area contributed by atoms with Crippen molar-refractivity contribution in [1.29, 1.82) is 0 Å². The van der Waals surface area contributed by atoms with Crippen LogP contribution in [0.2, 0.25) is 0 Å². The van der Waals surface area contributed by atoms with Gasteiger partial charge in [0.25, 0.3) is 0 Å². The fourth-order valence-electron chi connectivity index (χ4n) is 0.393. The van der Waals surface area contributed by atoms with Crippen molar-refractivity contribution in [1.82, 2.24) is 0 Å². The van der Waals surface area contributed by atoms with E-state index in [0.29, 0.717) is 0 Å². The lowest BCUT2D eigenvalue weighted by Crippen LogP contribution is -1.88. The number of hydrogen-bond donors (Lipinski definition) is 0. The lowest BCUT2D eigenvalue weighted by atomic mass is 10.5. The topological polar surface area (TPSA) is 26.3 Å². The molecule has 0 atom stereocenters. The quantitative estimate of drug-likeness (QED) is 0.478. The Kier molecular flexibility index (Phi) is 5.44. The second-order valence-electron chi connectivity index (χ2n) is 1.79. The molecule has 0 saturated carbocycles. The summed E-state index contributed by atoms with van der Waals surface area (Å²) < 4.78 is 4.11. The second-order valence-corrected chi connectivity index (χ2v) is 1.79. The van der Waals surface area contributed by atoms with E-state index in [-0.39, 0.29) is 5.97 Å². The molecule has 0 aromatic heterocycles. The molecule has 0 radical (unpaired) electrons. The van der Waals surface area contributed by atoms with E-state index in [4.69, 9.17) is 0 Å². The van der Waals surface area contributed by atoms with Crippen LogP contribution in [0.5, 0.6) is 0 Å². The summed E-state index contributed by atoms with van der Waals surface area (Å²) in [7, 11) is 1.35. The summed E-state index contributed by atoms with van der Waals surface area (Å²) in [6, 6.07) is 0. The Morgan fingerprint density at radius 1 is 1.40 bits per heavy atom. The molecule has 1 rings (SSSR count). The highest BCUT2D eigenvalue weighted by molar-refractivity contribution is 5.65. The van der Waals surface area contributed by atoms with Crippen LogP contribution in [0.1, 0.15) is 13.3 Å². The van der Waals surface area contributed by atoms with Crippen LogP contribution in [0.4, 0.5) is 0 Å². The Balaban J connectivity index is 0.000000162. The number of carbonyl (C=O) groups excluding carboxylic acids is 1. The fraction of sp³-hybridized carbons (Fsp3) is 0.375. The minimum absolute atomic E-state index is 0.245. The highest BCUT2D eigenvalue weighted by Gasteiger charge is 1.75. The molecule has 0 bridgehead atoms. The normalized spacial score (nSPS) is 12.2. The molecule has 1 aliphatic carbocycles. The van der Waals surface area contributed by atoms with Crippen LogP contribution < -0.4 is 0 Å². The van der Waals surface area contributed by atoms with Crippen molar-refractivity contribution in [2.24, 2.45) is 0 Å². The van der Waals surface area contributed by atoms with Gasteiger partial charge in [-0.15, -0.1) is 0 Å². The summed E-state index contributed by atoms with van der Waals surface area (Å²) in [6.45, 7) is 1.36. The molecule has 0 aliphatic heterocycles. The second kappa shape index (κ2) is 6.08. The van der Waals surface area contributed by atoms with Crippen molar-refractivity contribution in [3.8, 4) is 0 Å². The third kappa shape index (κ3) is 6.95. The standard InChI is InChI=1S/C5H6.C3H6O2/c1-2-4-5-3-1;1-3(4)5-2/h1-4H,5H2;1-2H3. The maximum atomic E-state index is 9.59. The minimum Gasteiger partial charge on any atom is -0.469 e. The summed E-state index contributed by atoms with van der Waals surface area (Å²) >= 11 is 0. The average Bonchev–Trinajstić information content (AvgIpc) is 2.43. The van der Waals surface area contributed by atoms with Crippen LogP contribution in [-0.4, -0.2) is 13.1 Å². The van der Waals surface area contributed by atoms with E-state index in [0.717, 1.165) is 6.42 Å². The lowest BCUT2D eigenvalue weighted by Gasteiger charge is -1.80. The van der Waals surface area contributed by atoms with Gasteiger partial charge < -0.3 is 4.74 Å². The highest BCUT2D eigenvalue weighted by Crippen LogP contribution is 1.93. The maximum absolute atomic E-state index is 9.59. The molecule has 0 heterocycles. The molecule has 1 aliphatic rings. The molecule has 0 spiro atoms. The molecule has 0 aromatic rings. The van der Waals surface area contributed by atoms with Crippen molar-refractivity contribution in [2.45, 2.75) is 13.3 Å². The van der Waals surface area contributed by atoms with E-state index in [1.54, 1.807) is 0 Å². The smallest absolute Gasteiger partial charge is 0.302 e. The number of ether oxygens (including phenoxy) is 1. The van der Waals surface area contributed by atoms with Gasteiger partial charge in [-0.2, -0.15) is 0 Å².